The van der Waals surface area contributed by atoms with Gasteiger partial charge >= 0.3 is 0 Å². The van der Waals surface area contributed by atoms with Crippen LogP contribution in [-0.4, -0.2) is 0 Å². The number of rotatable bonds is 0. The Morgan fingerprint density at radius 3 is 0.375 bits per heavy atom. The maximum absolute atomic E-state index is 2.36. The van der Waals surface area contributed by atoms with Crippen molar-refractivity contribution in [2.45, 2.75) is 0 Å². The van der Waals surface area contributed by atoms with Crippen LogP contribution in [0.3, 0.4) is 0 Å². The quantitative estimate of drug-likeness (QED) is 0.105. The first-order valence-electron chi connectivity index (χ1n) is 30.5. The predicted octanol–water partition coefficient (Wildman–Crippen LogP) is 25.2. The summed E-state index contributed by atoms with van der Waals surface area (Å²) in [6.45, 7) is 0. The van der Waals surface area contributed by atoms with E-state index in [-0.39, 0.29) is 0 Å². The van der Waals surface area contributed by atoms with Crippen molar-refractivity contribution in [2.24, 2.45) is 0 Å². The van der Waals surface area contributed by atoms with Crippen LogP contribution < -0.4 is 0 Å². The fourth-order valence-electron chi connectivity index (χ4n) is 14.0. The molecule has 0 amide bonds. The van der Waals surface area contributed by atoms with Crippen LogP contribution in [-0.2, 0) is 0 Å². The zero-order chi connectivity index (χ0) is 58.1. The minimum absolute atomic E-state index is 1.30. The van der Waals surface area contributed by atoms with E-state index in [9.17, 15) is 0 Å². The molecule has 0 spiro atoms. The lowest BCUT2D eigenvalue weighted by atomic mass is 9.95. The highest BCUT2D eigenvalue weighted by Gasteiger charge is 2.10. The van der Waals surface area contributed by atoms with Crippen molar-refractivity contribution in [1.82, 2.24) is 0 Å². The normalized spacial score (nSPS) is 11.6. The van der Waals surface area contributed by atoms with Crippen LogP contribution in [0.15, 0.2) is 340 Å². The summed E-state index contributed by atoms with van der Waals surface area (Å²) in [6.07, 6.45) is 0. The van der Waals surface area contributed by atoms with Gasteiger partial charge in [-0.25, -0.2) is 0 Å². The van der Waals surface area contributed by atoms with Crippen molar-refractivity contribution in [2.75, 3.05) is 0 Å². The van der Waals surface area contributed by atoms with Crippen LogP contribution in [0.25, 0.3) is 172 Å². The van der Waals surface area contributed by atoms with Crippen LogP contribution in [0, 0.1) is 0 Å². The van der Waals surface area contributed by atoms with Gasteiger partial charge in [-0.1, -0.05) is 291 Å². The minimum Gasteiger partial charge on any atom is -0.0616 e. The summed E-state index contributed by atoms with van der Waals surface area (Å²) >= 11 is 0. The highest BCUT2D eigenvalue weighted by atomic mass is 14.1. The third-order valence-electron chi connectivity index (χ3n) is 18.4. The molecule has 0 unspecified atom stereocenters. The third kappa shape index (κ3) is 8.93. The number of benzene rings is 20. The van der Waals surface area contributed by atoms with Gasteiger partial charge in [-0.15, -0.1) is 0 Å². The number of hydrogen-bond acceptors (Lipinski definition) is 0. The van der Waals surface area contributed by atoms with Crippen molar-refractivity contribution >= 4 is 172 Å². The zero-order valence-corrected chi connectivity index (χ0v) is 48.3. The molecule has 20 rings (SSSR count). The van der Waals surface area contributed by atoms with Gasteiger partial charge in [-0.2, -0.15) is 0 Å². The first-order valence-corrected chi connectivity index (χ1v) is 30.5. The summed E-state index contributed by atoms with van der Waals surface area (Å²) in [5.74, 6) is 0. The van der Waals surface area contributed by atoms with E-state index in [2.05, 4.69) is 340 Å². The molecule has 0 saturated heterocycles. The van der Waals surface area contributed by atoms with Gasteiger partial charge in [0.05, 0.1) is 0 Å². The Morgan fingerprint density at radius 2 is 0.205 bits per heavy atom. The van der Waals surface area contributed by atoms with Gasteiger partial charge in [0.25, 0.3) is 0 Å². The van der Waals surface area contributed by atoms with Crippen molar-refractivity contribution < 1.29 is 0 Å². The van der Waals surface area contributed by atoms with E-state index in [1.54, 1.807) is 0 Å². The molecule has 0 N–H and O–H groups in total. The van der Waals surface area contributed by atoms with Gasteiger partial charge in [0.2, 0.25) is 0 Å². The molecule has 0 heterocycles. The first kappa shape index (κ1) is 51.0. The van der Waals surface area contributed by atoms with E-state index >= 15 is 0 Å². The summed E-state index contributed by atoms with van der Waals surface area (Å²) in [7, 11) is 0. The molecule has 0 aromatic heterocycles. The van der Waals surface area contributed by atoms with Crippen LogP contribution in [0.2, 0.25) is 0 Å². The van der Waals surface area contributed by atoms with Crippen LogP contribution in [0.5, 0.6) is 0 Å². The summed E-state index contributed by atoms with van der Waals surface area (Å²) in [5.41, 5.74) is 0. The van der Waals surface area contributed by atoms with E-state index in [0.717, 1.165) is 0 Å². The molecule has 0 aliphatic rings. The van der Waals surface area contributed by atoms with Crippen LogP contribution >= 0.6 is 0 Å². The zero-order valence-electron chi connectivity index (χ0n) is 48.3. The Hall–Kier alpha value is -11.4. The van der Waals surface area contributed by atoms with E-state index in [0.29, 0.717) is 0 Å². The molecule has 0 aliphatic heterocycles. The Labute approximate surface area is 509 Å². The lowest BCUT2D eigenvalue weighted by Gasteiger charge is -2.08. The minimum atomic E-state index is 1.30. The summed E-state index contributed by atoms with van der Waals surface area (Å²) < 4.78 is 0. The number of hydrogen-bond donors (Lipinski definition) is 0. The van der Waals surface area contributed by atoms with E-state index in [4.69, 9.17) is 0 Å². The molecule has 0 saturated carbocycles. The van der Waals surface area contributed by atoms with Crippen molar-refractivity contribution in [1.29, 1.82) is 0 Å². The Balaban J connectivity index is 0.0000000910. The van der Waals surface area contributed by atoms with Crippen molar-refractivity contribution in [3.8, 4) is 0 Å². The first-order chi connectivity index (χ1) is 43.6. The average molecular weight is 1110 g/mol. The fourth-order valence-corrected chi connectivity index (χ4v) is 14.0. The highest BCUT2D eigenvalue weighted by Crippen LogP contribution is 2.38. The monoisotopic (exact) mass is 1110 g/mol. The van der Waals surface area contributed by atoms with E-state index in [1.807, 2.05) is 0 Å². The summed E-state index contributed by atoms with van der Waals surface area (Å²) in [4.78, 5) is 0. The van der Waals surface area contributed by atoms with Gasteiger partial charge < -0.3 is 0 Å². The second-order valence-corrected chi connectivity index (χ2v) is 23.5. The molecule has 0 radical (unpaired) electrons. The van der Waals surface area contributed by atoms with E-state index < -0.39 is 0 Å². The molecule has 0 nitrogen and oxygen atoms in total. The van der Waals surface area contributed by atoms with Gasteiger partial charge in [0.1, 0.15) is 0 Å². The SMILES string of the molecule is c1ccc2c(c1)ccc1cc3c(ccc4ccccc43)cc12.c1ccc2c(c1)ccc1cc3c(ccc4ccccc43)cc12.c1ccc2c(c1)ccc1cc3ccc4ccccc4c3cc12.c1ccc2c(c1)ccc1cc3ccc4ccccc4c3cc12. The maximum atomic E-state index is 2.36. The Morgan fingerprint density at radius 1 is 0.0795 bits per heavy atom. The third-order valence-corrected chi connectivity index (χ3v) is 18.4. The smallest absolute Gasteiger partial charge is 0.00988 e. The molecular weight excluding hydrogens is 1060 g/mol. The lowest BCUT2D eigenvalue weighted by Crippen LogP contribution is -1.81. The van der Waals surface area contributed by atoms with E-state index in [1.165, 1.54) is 172 Å². The maximum Gasteiger partial charge on any atom is -0.00988 e. The second kappa shape index (κ2) is 21.3. The molecular formula is C88H56. The summed E-state index contributed by atoms with van der Waals surface area (Å²) in [5, 5.41) is 42.2. The Kier molecular flexibility index (Phi) is 12.3. The lowest BCUT2D eigenvalue weighted by molar-refractivity contribution is 1.78. The fraction of sp³-hybridized carbons (Fsp3) is 0. The molecule has 0 atom stereocenters. The van der Waals surface area contributed by atoms with Gasteiger partial charge in [-0.05, 0) is 221 Å². The highest BCUT2D eigenvalue weighted by molar-refractivity contribution is 6.21. The van der Waals surface area contributed by atoms with Crippen LogP contribution in [0.4, 0.5) is 0 Å². The van der Waals surface area contributed by atoms with Crippen molar-refractivity contribution in [3.63, 3.8) is 0 Å². The predicted molar refractivity (Wildman–Crippen MR) is 386 cm³/mol. The topological polar surface area (TPSA) is 0 Å². The molecule has 20 aromatic rings. The average Bonchev–Trinajstić information content (AvgIpc) is 1.83. The molecule has 0 bridgehead atoms. The molecule has 88 heavy (non-hydrogen) atoms. The van der Waals surface area contributed by atoms with Gasteiger partial charge in [0.15, 0.2) is 0 Å². The molecule has 0 aliphatic carbocycles. The second-order valence-electron chi connectivity index (χ2n) is 23.5. The van der Waals surface area contributed by atoms with Crippen LogP contribution in [0.1, 0.15) is 0 Å². The number of fused-ring (bicyclic) bond motifs is 24. The molecule has 20 aromatic carbocycles. The molecule has 408 valence electrons. The standard InChI is InChI=1S/4C22H14/c2*1-3-7-19-15(5-1)9-11-17-14-22-18(13-21(17)19)12-10-16-6-2-4-8-20(16)22;2*1-3-7-19-15(5-1)9-11-17-13-18-12-10-16-6-2-4-8-20(16)22(18)14-21(17)19/h4*1-14H. The van der Waals surface area contributed by atoms with Crippen molar-refractivity contribution in [3.05, 3.63) is 340 Å². The van der Waals surface area contributed by atoms with Gasteiger partial charge in [-0.3, -0.25) is 0 Å². The Bertz CT molecular complexity index is 5440. The van der Waals surface area contributed by atoms with Gasteiger partial charge in [0, 0.05) is 0 Å². The molecule has 0 heteroatoms. The largest absolute Gasteiger partial charge is 0.0616 e. The molecule has 0 fully saturated rings. The summed E-state index contributed by atoms with van der Waals surface area (Å²) in [6, 6.07) is 123.